The maximum absolute atomic E-state index is 10.1. The molecule has 2 aliphatic rings. The zero-order valence-corrected chi connectivity index (χ0v) is 12.2. The summed E-state index contributed by atoms with van der Waals surface area (Å²) in [5, 5.41) is 67.8. The first-order chi connectivity index (χ1) is 10.8. The second-order valence-corrected chi connectivity index (χ2v) is 5.61. The minimum absolute atomic E-state index is 0.169. The SMILES string of the molecule is NC[C@H]1O[C@@](CO)(O[C@@H]2O[C@H](CO)[C@@H](O)[C@H](O)[C@H]2O)[C@@H](O)[C@@H]1O. The van der Waals surface area contributed by atoms with Gasteiger partial charge in [-0.2, -0.15) is 0 Å². The van der Waals surface area contributed by atoms with Crippen molar-refractivity contribution in [1.82, 2.24) is 0 Å². The van der Waals surface area contributed by atoms with Crippen LogP contribution in [0.25, 0.3) is 0 Å². The van der Waals surface area contributed by atoms with E-state index in [4.69, 9.17) is 25.1 Å². The minimum Gasteiger partial charge on any atom is -0.394 e. The lowest BCUT2D eigenvalue weighted by molar-refractivity contribution is -0.382. The maximum Gasteiger partial charge on any atom is 0.224 e. The lowest BCUT2D eigenvalue weighted by atomic mass is 9.99. The largest absolute Gasteiger partial charge is 0.394 e. The van der Waals surface area contributed by atoms with Gasteiger partial charge in [-0.05, 0) is 0 Å². The predicted molar refractivity (Wildman–Crippen MR) is 70.6 cm³/mol. The number of aliphatic hydroxyl groups excluding tert-OH is 7. The van der Waals surface area contributed by atoms with Gasteiger partial charge in [0.2, 0.25) is 5.79 Å². The molecule has 9 N–H and O–H groups in total. The summed E-state index contributed by atoms with van der Waals surface area (Å²) in [5.74, 6) is -2.14. The molecule has 136 valence electrons. The predicted octanol–water partition coefficient (Wildman–Crippen LogP) is -5.43. The van der Waals surface area contributed by atoms with Crippen molar-refractivity contribution in [1.29, 1.82) is 0 Å². The fourth-order valence-electron chi connectivity index (χ4n) is 2.67. The first-order valence-corrected chi connectivity index (χ1v) is 7.14. The molecule has 0 unspecified atom stereocenters. The highest BCUT2D eigenvalue weighted by atomic mass is 16.8. The summed E-state index contributed by atoms with van der Waals surface area (Å²) < 4.78 is 15.7. The molecule has 0 saturated carbocycles. The van der Waals surface area contributed by atoms with E-state index in [0.29, 0.717) is 0 Å². The van der Waals surface area contributed by atoms with Crippen molar-refractivity contribution in [3.8, 4) is 0 Å². The topological polar surface area (TPSA) is 195 Å². The van der Waals surface area contributed by atoms with Crippen LogP contribution >= 0.6 is 0 Å². The first kappa shape index (κ1) is 18.9. The van der Waals surface area contributed by atoms with E-state index in [1.807, 2.05) is 0 Å². The molecule has 0 aliphatic carbocycles. The van der Waals surface area contributed by atoms with Crippen LogP contribution in [-0.2, 0) is 14.2 Å². The number of ether oxygens (including phenoxy) is 3. The van der Waals surface area contributed by atoms with Crippen molar-refractivity contribution < 1.29 is 50.0 Å². The van der Waals surface area contributed by atoms with Crippen LogP contribution in [0, 0.1) is 0 Å². The molecule has 0 amide bonds. The average Bonchev–Trinajstić information content (AvgIpc) is 2.80. The summed E-state index contributed by atoms with van der Waals surface area (Å²) in [6, 6.07) is 0. The highest BCUT2D eigenvalue weighted by Gasteiger charge is 2.58. The molecule has 0 aromatic carbocycles. The Morgan fingerprint density at radius 3 is 2.04 bits per heavy atom. The molecule has 0 aromatic heterocycles. The van der Waals surface area contributed by atoms with Crippen LogP contribution in [0.3, 0.4) is 0 Å². The van der Waals surface area contributed by atoms with Gasteiger partial charge in [-0.3, -0.25) is 0 Å². The molecule has 2 fully saturated rings. The molecule has 11 nitrogen and oxygen atoms in total. The second-order valence-electron chi connectivity index (χ2n) is 5.61. The van der Waals surface area contributed by atoms with E-state index in [1.165, 1.54) is 0 Å². The van der Waals surface area contributed by atoms with Gasteiger partial charge in [0.25, 0.3) is 0 Å². The first-order valence-electron chi connectivity index (χ1n) is 7.14. The van der Waals surface area contributed by atoms with E-state index in [0.717, 1.165) is 0 Å². The van der Waals surface area contributed by atoms with Gasteiger partial charge in [-0.25, -0.2) is 0 Å². The quantitative estimate of drug-likeness (QED) is 0.238. The van der Waals surface area contributed by atoms with Crippen molar-refractivity contribution in [2.45, 2.75) is 54.8 Å². The smallest absolute Gasteiger partial charge is 0.224 e. The van der Waals surface area contributed by atoms with Crippen LogP contribution in [0.15, 0.2) is 0 Å². The number of aliphatic hydroxyl groups is 7. The molecule has 23 heavy (non-hydrogen) atoms. The molecule has 0 aromatic rings. The van der Waals surface area contributed by atoms with E-state index in [9.17, 15) is 30.6 Å². The van der Waals surface area contributed by atoms with Crippen molar-refractivity contribution in [2.24, 2.45) is 5.73 Å². The van der Waals surface area contributed by atoms with Gasteiger partial charge in [0.05, 0.1) is 6.61 Å². The molecular weight excluding hydrogens is 318 g/mol. The highest BCUT2D eigenvalue weighted by Crippen LogP contribution is 2.35. The summed E-state index contributed by atoms with van der Waals surface area (Å²) in [6.45, 7) is -1.75. The van der Waals surface area contributed by atoms with E-state index in [2.05, 4.69) is 0 Å². The van der Waals surface area contributed by atoms with Crippen LogP contribution in [0.4, 0.5) is 0 Å². The number of hydrogen-bond donors (Lipinski definition) is 8. The van der Waals surface area contributed by atoms with Crippen LogP contribution < -0.4 is 5.73 Å². The van der Waals surface area contributed by atoms with Crippen molar-refractivity contribution in [2.75, 3.05) is 19.8 Å². The molecule has 2 rings (SSSR count). The van der Waals surface area contributed by atoms with E-state index in [-0.39, 0.29) is 6.54 Å². The van der Waals surface area contributed by atoms with Crippen LogP contribution in [0.5, 0.6) is 0 Å². The van der Waals surface area contributed by atoms with Gasteiger partial charge < -0.3 is 55.7 Å². The van der Waals surface area contributed by atoms with Gasteiger partial charge in [0, 0.05) is 6.54 Å². The molecule has 2 aliphatic heterocycles. The standard InChI is InChI=1S/C12H23NO10/c13-1-4-7(17)10(20)12(3-15,22-4)23-11-9(19)8(18)6(16)5(2-14)21-11/h4-11,14-20H,1-3,13H2/t4-,5-,6-,7-,8+,9-,10+,11+,12+/m1/s1. The van der Waals surface area contributed by atoms with Gasteiger partial charge in [0.1, 0.15) is 49.3 Å². The lowest BCUT2D eigenvalue weighted by Gasteiger charge is -2.43. The summed E-state index contributed by atoms with van der Waals surface area (Å²) in [7, 11) is 0. The summed E-state index contributed by atoms with van der Waals surface area (Å²) in [6.07, 6.45) is -12.1. The normalized spacial score (nSPS) is 51.1. The number of hydrogen-bond acceptors (Lipinski definition) is 11. The van der Waals surface area contributed by atoms with Crippen molar-refractivity contribution >= 4 is 0 Å². The van der Waals surface area contributed by atoms with Gasteiger partial charge >= 0.3 is 0 Å². The fourth-order valence-corrected chi connectivity index (χ4v) is 2.67. The van der Waals surface area contributed by atoms with E-state index < -0.39 is 68.0 Å². The van der Waals surface area contributed by atoms with Crippen LogP contribution in [-0.4, -0.2) is 110 Å². The maximum atomic E-state index is 10.1. The Labute approximate surface area is 131 Å². The second kappa shape index (κ2) is 7.21. The Morgan fingerprint density at radius 1 is 0.913 bits per heavy atom. The Kier molecular flexibility index (Phi) is 5.92. The highest BCUT2D eigenvalue weighted by molar-refractivity contribution is 4.98. The van der Waals surface area contributed by atoms with Crippen molar-refractivity contribution in [3.05, 3.63) is 0 Å². The third-order valence-corrected chi connectivity index (χ3v) is 4.12. The molecule has 2 saturated heterocycles. The summed E-state index contributed by atoms with van der Waals surface area (Å²) >= 11 is 0. The summed E-state index contributed by atoms with van der Waals surface area (Å²) in [5.41, 5.74) is 5.39. The molecule has 0 radical (unpaired) electrons. The fraction of sp³-hybridized carbons (Fsp3) is 1.00. The van der Waals surface area contributed by atoms with Crippen molar-refractivity contribution in [3.63, 3.8) is 0 Å². The Bertz CT molecular complexity index is 398. The molecular formula is C12H23NO10. The zero-order valence-electron chi connectivity index (χ0n) is 12.2. The Morgan fingerprint density at radius 2 is 1.57 bits per heavy atom. The summed E-state index contributed by atoms with van der Waals surface area (Å²) in [4.78, 5) is 0. The molecule has 11 heteroatoms. The molecule has 0 bridgehead atoms. The monoisotopic (exact) mass is 341 g/mol. The van der Waals surface area contributed by atoms with Crippen LogP contribution in [0.2, 0.25) is 0 Å². The van der Waals surface area contributed by atoms with E-state index in [1.54, 1.807) is 0 Å². The number of nitrogens with two attached hydrogens (primary N) is 1. The molecule has 9 atom stereocenters. The van der Waals surface area contributed by atoms with Gasteiger partial charge in [-0.1, -0.05) is 0 Å². The van der Waals surface area contributed by atoms with E-state index >= 15 is 0 Å². The average molecular weight is 341 g/mol. The number of rotatable bonds is 5. The minimum atomic E-state index is -2.14. The molecule has 2 heterocycles. The molecule has 0 spiro atoms. The lowest BCUT2D eigenvalue weighted by Crippen LogP contribution is -2.62. The third kappa shape index (κ3) is 3.23. The zero-order chi connectivity index (χ0) is 17.4. The van der Waals surface area contributed by atoms with Crippen LogP contribution in [0.1, 0.15) is 0 Å². The van der Waals surface area contributed by atoms with Gasteiger partial charge in [-0.15, -0.1) is 0 Å². The Balaban J connectivity index is 2.18. The third-order valence-electron chi connectivity index (χ3n) is 4.12. The Hall–Kier alpha value is -0.440. The van der Waals surface area contributed by atoms with Gasteiger partial charge in [0.15, 0.2) is 6.29 Å².